The average molecular weight is 288 g/mol. The molecule has 0 aromatic carbocycles. The van der Waals surface area contributed by atoms with Crippen LogP contribution < -0.4 is 4.90 Å². The lowest BCUT2D eigenvalue weighted by molar-refractivity contribution is 0.0595. The summed E-state index contributed by atoms with van der Waals surface area (Å²) in [5.41, 5.74) is 1.95. The second-order valence-electron chi connectivity index (χ2n) is 4.18. The normalized spacial score (nSPS) is 10.7. The molecule has 7 heteroatoms. The van der Waals surface area contributed by atoms with Gasteiger partial charge >= 0.3 is 5.97 Å². The Kier molecular flexibility index (Phi) is 3.11. The lowest BCUT2D eigenvalue weighted by Gasteiger charge is -2.14. The zero-order chi connectivity index (χ0) is 14.1. The fraction of sp³-hybridized carbons (Fsp3) is 0.154. The molecule has 0 radical (unpaired) electrons. The number of pyridine rings is 1. The molecule has 3 aromatic rings. The molecule has 0 fully saturated rings. The van der Waals surface area contributed by atoms with Crippen LogP contribution in [-0.4, -0.2) is 35.1 Å². The zero-order valence-electron chi connectivity index (χ0n) is 11.0. The highest BCUT2D eigenvalue weighted by atomic mass is 32.1. The smallest absolute Gasteiger partial charge is 0.354 e. The van der Waals surface area contributed by atoms with Crippen LogP contribution in [0.25, 0.3) is 11.0 Å². The van der Waals surface area contributed by atoms with Crippen LogP contribution in [0.15, 0.2) is 29.9 Å². The topological polar surface area (TPSA) is 71.1 Å². The van der Waals surface area contributed by atoms with Crippen molar-refractivity contribution in [3.8, 4) is 0 Å². The Morgan fingerprint density at radius 3 is 2.95 bits per heavy atom. The molecule has 0 aliphatic rings. The SMILES string of the molecule is COC(=O)c1cc2cc(N(C)c3nccs3)cnc2[nH]1. The molecule has 3 rings (SSSR count). The third kappa shape index (κ3) is 2.12. The lowest BCUT2D eigenvalue weighted by Crippen LogP contribution is -2.08. The largest absolute Gasteiger partial charge is 0.464 e. The molecule has 0 spiro atoms. The first kappa shape index (κ1) is 12.6. The molecule has 3 heterocycles. The van der Waals surface area contributed by atoms with E-state index in [9.17, 15) is 4.79 Å². The van der Waals surface area contributed by atoms with Crippen molar-refractivity contribution in [1.29, 1.82) is 0 Å². The van der Waals surface area contributed by atoms with E-state index >= 15 is 0 Å². The number of hydrogen-bond donors (Lipinski definition) is 1. The molecule has 3 aromatic heterocycles. The maximum Gasteiger partial charge on any atom is 0.354 e. The van der Waals surface area contributed by atoms with Crippen LogP contribution in [-0.2, 0) is 4.74 Å². The molecule has 0 aliphatic carbocycles. The van der Waals surface area contributed by atoms with E-state index in [2.05, 4.69) is 19.7 Å². The number of methoxy groups -OCH3 is 1. The van der Waals surface area contributed by atoms with Crippen LogP contribution in [0.5, 0.6) is 0 Å². The van der Waals surface area contributed by atoms with Gasteiger partial charge in [-0.25, -0.2) is 14.8 Å². The quantitative estimate of drug-likeness (QED) is 0.750. The summed E-state index contributed by atoms with van der Waals surface area (Å²) in [6.45, 7) is 0. The van der Waals surface area contributed by atoms with Gasteiger partial charge in [-0.05, 0) is 12.1 Å². The predicted molar refractivity (Wildman–Crippen MR) is 77.6 cm³/mol. The second kappa shape index (κ2) is 4.93. The Bertz CT molecular complexity index is 751. The molecule has 20 heavy (non-hydrogen) atoms. The van der Waals surface area contributed by atoms with Crippen LogP contribution in [0.3, 0.4) is 0 Å². The zero-order valence-corrected chi connectivity index (χ0v) is 11.8. The average Bonchev–Trinajstić information content (AvgIpc) is 3.13. The number of carbonyl (C=O) groups is 1. The number of fused-ring (bicyclic) bond motifs is 1. The van der Waals surface area contributed by atoms with Crippen molar-refractivity contribution in [1.82, 2.24) is 15.0 Å². The summed E-state index contributed by atoms with van der Waals surface area (Å²) in [4.78, 5) is 24.9. The second-order valence-corrected chi connectivity index (χ2v) is 5.05. The monoisotopic (exact) mass is 288 g/mol. The predicted octanol–water partition coefficient (Wildman–Crippen LogP) is 2.57. The molecular formula is C13H12N4O2S. The minimum absolute atomic E-state index is 0.393. The first-order valence-corrected chi connectivity index (χ1v) is 6.77. The highest BCUT2D eigenvalue weighted by Gasteiger charge is 2.12. The van der Waals surface area contributed by atoms with Crippen molar-refractivity contribution in [2.75, 3.05) is 19.1 Å². The number of nitrogens with one attached hydrogen (secondary N) is 1. The molecule has 0 bridgehead atoms. The Morgan fingerprint density at radius 1 is 1.40 bits per heavy atom. The lowest BCUT2D eigenvalue weighted by atomic mass is 10.3. The summed E-state index contributed by atoms with van der Waals surface area (Å²) in [5, 5.41) is 3.66. The molecule has 0 aliphatic heterocycles. The number of nitrogens with zero attached hydrogens (tertiary/aromatic N) is 3. The fourth-order valence-corrected chi connectivity index (χ4v) is 2.53. The van der Waals surface area contributed by atoms with Gasteiger partial charge in [0, 0.05) is 24.0 Å². The van der Waals surface area contributed by atoms with E-state index in [1.165, 1.54) is 7.11 Å². The Morgan fingerprint density at radius 2 is 2.25 bits per heavy atom. The number of anilines is 2. The van der Waals surface area contributed by atoms with E-state index in [0.717, 1.165) is 16.2 Å². The van der Waals surface area contributed by atoms with E-state index in [-0.39, 0.29) is 0 Å². The van der Waals surface area contributed by atoms with Crippen LogP contribution in [0, 0.1) is 0 Å². The highest BCUT2D eigenvalue weighted by molar-refractivity contribution is 7.13. The molecule has 0 unspecified atom stereocenters. The Hall–Kier alpha value is -2.41. The first-order valence-electron chi connectivity index (χ1n) is 5.89. The van der Waals surface area contributed by atoms with E-state index in [0.29, 0.717) is 11.3 Å². The molecule has 1 N–H and O–H groups in total. The molecule has 0 atom stereocenters. The molecule has 0 amide bonds. The summed E-state index contributed by atoms with van der Waals surface area (Å²) in [6, 6.07) is 3.68. The highest BCUT2D eigenvalue weighted by Crippen LogP contribution is 2.27. The summed E-state index contributed by atoms with van der Waals surface area (Å²) in [5.74, 6) is -0.405. The third-order valence-electron chi connectivity index (χ3n) is 2.95. The molecule has 6 nitrogen and oxygen atoms in total. The van der Waals surface area contributed by atoms with Crippen molar-refractivity contribution >= 4 is 39.2 Å². The Balaban J connectivity index is 2.00. The fourth-order valence-electron chi connectivity index (χ4n) is 1.90. The summed E-state index contributed by atoms with van der Waals surface area (Å²) in [6.07, 6.45) is 3.50. The van der Waals surface area contributed by atoms with Crippen molar-refractivity contribution in [3.05, 3.63) is 35.6 Å². The number of ether oxygens (including phenoxy) is 1. The van der Waals surface area contributed by atoms with Gasteiger partial charge in [0.05, 0.1) is 19.0 Å². The van der Waals surface area contributed by atoms with Gasteiger partial charge in [-0.1, -0.05) is 0 Å². The van der Waals surface area contributed by atoms with Crippen LogP contribution in [0.2, 0.25) is 0 Å². The summed E-state index contributed by atoms with van der Waals surface area (Å²) < 4.78 is 4.69. The van der Waals surface area contributed by atoms with Crippen molar-refractivity contribution in [3.63, 3.8) is 0 Å². The molecule has 0 saturated carbocycles. The standard InChI is InChI=1S/C13H12N4O2S/c1-17(13-14-3-4-20-13)9-5-8-6-10(12(18)19-2)16-11(8)15-7-9/h3-7H,1-2H3,(H,15,16). The number of esters is 1. The van der Waals surface area contributed by atoms with Gasteiger partial charge in [0.25, 0.3) is 0 Å². The van der Waals surface area contributed by atoms with Gasteiger partial charge in [0.15, 0.2) is 5.13 Å². The maximum absolute atomic E-state index is 11.5. The van der Waals surface area contributed by atoms with Crippen LogP contribution in [0.4, 0.5) is 10.8 Å². The van der Waals surface area contributed by atoms with Crippen molar-refractivity contribution < 1.29 is 9.53 Å². The van der Waals surface area contributed by atoms with E-state index < -0.39 is 5.97 Å². The van der Waals surface area contributed by atoms with Gasteiger partial charge in [0.1, 0.15) is 11.3 Å². The molecule has 102 valence electrons. The van der Waals surface area contributed by atoms with Gasteiger partial charge in [-0.3, -0.25) is 0 Å². The summed E-state index contributed by atoms with van der Waals surface area (Å²) >= 11 is 1.55. The minimum Gasteiger partial charge on any atom is -0.464 e. The van der Waals surface area contributed by atoms with Gasteiger partial charge in [0.2, 0.25) is 0 Å². The third-order valence-corrected chi connectivity index (χ3v) is 3.80. The number of H-pyrrole nitrogens is 1. The Labute approximate surface area is 119 Å². The number of carbonyl (C=O) groups excluding carboxylic acids is 1. The van der Waals surface area contributed by atoms with E-state index in [1.807, 2.05) is 23.4 Å². The van der Waals surface area contributed by atoms with Crippen LogP contribution >= 0.6 is 11.3 Å². The minimum atomic E-state index is -0.405. The number of thiazole rings is 1. The number of hydrogen-bond acceptors (Lipinski definition) is 6. The first-order chi connectivity index (χ1) is 9.69. The van der Waals surface area contributed by atoms with Gasteiger partial charge in [-0.2, -0.15) is 0 Å². The molecule has 0 saturated heterocycles. The van der Waals surface area contributed by atoms with Crippen molar-refractivity contribution in [2.24, 2.45) is 0 Å². The van der Waals surface area contributed by atoms with Crippen LogP contribution in [0.1, 0.15) is 10.5 Å². The molecular weight excluding hydrogens is 276 g/mol. The number of aromatic nitrogens is 3. The van der Waals surface area contributed by atoms with E-state index in [4.69, 9.17) is 0 Å². The summed E-state index contributed by atoms with van der Waals surface area (Å²) in [7, 11) is 3.28. The number of aromatic amines is 1. The van der Waals surface area contributed by atoms with Crippen molar-refractivity contribution in [2.45, 2.75) is 0 Å². The maximum atomic E-state index is 11.5. The van der Waals surface area contributed by atoms with Gasteiger partial charge < -0.3 is 14.6 Å². The number of rotatable bonds is 3. The van der Waals surface area contributed by atoms with E-state index in [1.54, 1.807) is 29.8 Å². The van der Waals surface area contributed by atoms with Gasteiger partial charge in [-0.15, -0.1) is 11.3 Å².